The molecule has 1 N–H and O–H groups in total. The third kappa shape index (κ3) is 5.42. The number of phenols is 1. The first-order valence-electron chi connectivity index (χ1n) is 11.4. The number of carbonyl (C=O) groups excluding carboxylic acids is 1. The summed E-state index contributed by atoms with van der Waals surface area (Å²) < 4.78 is 0. The van der Waals surface area contributed by atoms with Crippen LogP contribution in [0.1, 0.15) is 34.3 Å². The van der Waals surface area contributed by atoms with E-state index in [0.717, 1.165) is 50.0 Å². The molecule has 1 aliphatic heterocycles. The zero-order valence-electron chi connectivity index (χ0n) is 18.9. The molecule has 0 bridgehead atoms. The molecule has 1 amide bonds. The number of benzene rings is 3. The molecule has 1 heterocycles. The Morgan fingerprint density at radius 3 is 2.42 bits per heavy atom. The van der Waals surface area contributed by atoms with Crippen molar-refractivity contribution in [2.75, 3.05) is 26.7 Å². The second-order valence-electron chi connectivity index (χ2n) is 8.66. The second kappa shape index (κ2) is 10.3. The minimum atomic E-state index is -0.0193. The standard InChI is InChI=1S/C28H29N3O2/c1-30(16-13-21-5-3-2-4-6-21)25-14-17-31(18-15-25)28(33)23-9-12-27(24(19-23)20-29)22-7-10-26(32)11-8-22/h2-12,19,25,32H,13-18H2,1H3. The average molecular weight is 440 g/mol. The van der Waals surface area contributed by atoms with Crippen LogP contribution in [0.3, 0.4) is 0 Å². The van der Waals surface area contributed by atoms with Crippen LogP contribution in [-0.4, -0.2) is 53.5 Å². The van der Waals surface area contributed by atoms with Crippen LogP contribution < -0.4 is 0 Å². The summed E-state index contributed by atoms with van der Waals surface area (Å²) in [5.74, 6) is 0.160. The van der Waals surface area contributed by atoms with E-state index in [1.807, 2.05) is 17.0 Å². The fourth-order valence-corrected chi connectivity index (χ4v) is 4.49. The summed E-state index contributed by atoms with van der Waals surface area (Å²) in [5, 5.41) is 19.2. The Kier molecular flexibility index (Phi) is 7.07. The molecule has 1 aliphatic rings. The van der Waals surface area contributed by atoms with Crippen molar-refractivity contribution < 1.29 is 9.90 Å². The Balaban J connectivity index is 1.36. The Labute approximate surface area is 195 Å². The highest BCUT2D eigenvalue weighted by Crippen LogP contribution is 2.27. The van der Waals surface area contributed by atoms with Gasteiger partial charge < -0.3 is 14.9 Å². The number of rotatable bonds is 6. The number of hydrogen-bond acceptors (Lipinski definition) is 4. The molecule has 5 nitrogen and oxygen atoms in total. The maximum absolute atomic E-state index is 13.1. The van der Waals surface area contributed by atoms with Crippen LogP contribution in [0.25, 0.3) is 11.1 Å². The van der Waals surface area contributed by atoms with Gasteiger partial charge in [-0.2, -0.15) is 5.26 Å². The zero-order valence-corrected chi connectivity index (χ0v) is 18.9. The van der Waals surface area contributed by atoms with Crippen molar-refractivity contribution in [2.45, 2.75) is 25.3 Å². The van der Waals surface area contributed by atoms with E-state index in [2.05, 4.69) is 42.3 Å². The number of nitrogens with zero attached hydrogens (tertiary/aromatic N) is 3. The Morgan fingerprint density at radius 1 is 1.06 bits per heavy atom. The van der Waals surface area contributed by atoms with E-state index in [1.165, 1.54) is 5.56 Å². The molecule has 0 radical (unpaired) electrons. The van der Waals surface area contributed by atoms with Crippen molar-refractivity contribution >= 4 is 5.91 Å². The van der Waals surface area contributed by atoms with Gasteiger partial charge in [-0.15, -0.1) is 0 Å². The van der Waals surface area contributed by atoms with Gasteiger partial charge in [-0.25, -0.2) is 0 Å². The van der Waals surface area contributed by atoms with Crippen molar-refractivity contribution in [3.05, 3.63) is 89.5 Å². The molecule has 4 rings (SSSR count). The fraction of sp³-hybridized carbons (Fsp3) is 0.286. The van der Waals surface area contributed by atoms with E-state index in [9.17, 15) is 15.2 Å². The predicted molar refractivity (Wildman–Crippen MR) is 130 cm³/mol. The number of hydrogen-bond donors (Lipinski definition) is 1. The van der Waals surface area contributed by atoms with Gasteiger partial charge in [-0.05, 0) is 67.3 Å². The summed E-state index contributed by atoms with van der Waals surface area (Å²) in [6.07, 6.45) is 2.93. The lowest BCUT2D eigenvalue weighted by atomic mass is 9.97. The van der Waals surface area contributed by atoms with Crippen LogP contribution in [0.5, 0.6) is 5.75 Å². The summed E-state index contributed by atoms with van der Waals surface area (Å²) in [5.41, 5.74) is 3.95. The van der Waals surface area contributed by atoms with Crippen molar-refractivity contribution in [2.24, 2.45) is 0 Å². The SMILES string of the molecule is CN(CCc1ccccc1)C1CCN(C(=O)c2ccc(-c3ccc(O)cc3)c(C#N)c2)CC1. The number of likely N-dealkylation sites (N-methyl/N-ethyl adjacent to an activating group) is 1. The van der Waals surface area contributed by atoms with Gasteiger partial charge in [0.25, 0.3) is 5.91 Å². The van der Waals surface area contributed by atoms with Crippen LogP contribution in [-0.2, 0) is 6.42 Å². The molecule has 1 fully saturated rings. The van der Waals surface area contributed by atoms with E-state index >= 15 is 0 Å². The van der Waals surface area contributed by atoms with Gasteiger partial charge in [-0.1, -0.05) is 48.5 Å². The normalized spacial score (nSPS) is 14.3. The van der Waals surface area contributed by atoms with Crippen LogP contribution in [0, 0.1) is 11.3 Å². The fourth-order valence-electron chi connectivity index (χ4n) is 4.49. The quantitative estimate of drug-likeness (QED) is 0.604. The van der Waals surface area contributed by atoms with Crippen molar-refractivity contribution in [3.8, 4) is 22.9 Å². The van der Waals surface area contributed by atoms with Crippen LogP contribution >= 0.6 is 0 Å². The van der Waals surface area contributed by atoms with Gasteiger partial charge in [0.1, 0.15) is 5.75 Å². The summed E-state index contributed by atoms with van der Waals surface area (Å²) in [7, 11) is 2.17. The summed E-state index contributed by atoms with van der Waals surface area (Å²) in [6.45, 7) is 2.45. The lowest BCUT2D eigenvalue weighted by Gasteiger charge is -2.37. The Bertz CT molecular complexity index is 1130. The first kappa shape index (κ1) is 22.6. The zero-order chi connectivity index (χ0) is 23.2. The molecule has 0 aliphatic carbocycles. The van der Waals surface area contributed by atoms with Crippen LogP contribution in [0.15, 0.2) is 72.8 Å². The number of likely N-dealkylation sites (tertiary alicyclic amines) is 1. The molecule has 0 aromatic heterocycles. The molecule has 168 valence electrons. The van der Waals surface area contributed by atoms with Crippen molar-refractivity contribution in [1.29, 1.82) is 5.26 Å². The van der Waals surface area contributed by atoms with Crippen LogP contribution in [0.2, 0.25) is 0 Å². The third-order valence-electron chi connectivity index (χ3n) is 6.54. The largest absolute Gasteiger partial charge is 0.508 e. The molecular weight excluding hydrogens is 410 g/mol. The second-order valence-corrected chi connectivity index (χ2v) is 8.66. The molecule has 33 heavy (non-hydrogen) atoms. The molecule has 0 atom stereocenters. The van der Waals surface area contributed by atoms with E-state index in [-0.39, 0.29) is 11.7 Å². The Morgan fingerprint density at radius 2 is 1.76 bits per heavy atom. The highest BCUT2D eigenvalue weighted by Gasteiger charge is 2.26. The van der Waals surface area contributed by atoms with Crippen LogP contribution in [0.4, 0.5) is 0 Å². The molecule has 3 aromatic carbocycles. The summed E-state index contributed by atoms with van der Waals surface area (Å²) in [4.78, 5) is 17.4. The van der Waals surface area contributed by atoms with E-state index < -0.39 is 0 Å². The first-order chi connectivity index (χ1) is 16.0. The molecular formula is C28H29N3O2. The smallest absolute Gasteiger partial charge is 0.253 e. The summed E-state index contributed by atoms with van der Waals surface area (Å²) >= 11 is 0. The van der Waals surface area contributed by atoms with Gasteiger partial charge in [0.2, 0.25) is 0 Å². The summed E-state index contributed by atoms with van der Waals surface area (Å²) in [6, 6.07) is 25.2. The van der Waals surface area contributed by atoms with Crippen molar-refractivity contribution in [3.63, 3.8) is 0 Å². The molecule has 0 spiro atoms. The first-order valence-corrected chi connectivity index (χ1v) is 11.4. The predicted octanol–water partition coefficient (Wildman–Crippen LogP) is 4.71. The number of piperidine rings is 1. The number of aromatic hydroxyl groups is 1. The van der Waals surface area contributed by atoms with Gasteiger partial charge >= 0.3 is 0 Å². The lowest BCUT2D eigenvalue weighted by Crippen LogP contribution is -2.46. The third-order valence-corrected chi connectivity index (χ3v) is 6.54. The van der Waals surface area contributed by atoms with Gasteiger partial charge in [0.05, 0.1) is 11.6 Å². The number of amides is 1. The maximum Gasteiger partial charge on any atom is 0.253 e. The Hall–Kier alpha value is -3.62. The molecule has 5 heteroatoms. The maximum atomic E-state index is 13.1. The number of carbonyl (C=O) groups is 1. The van der Waals surface area contributed by atoms with Gasteiger partial charge in [-0.3, -0.25) is 4.79 Å². The van der Waals surface area contributed by atoms with Gasteiger partial charge in [0, 0.05) is 31.2 Å². The highest BCUT2D eigenvalue weighted by atomic mass is 16.3. The lowest BCUT2D eigenvalue weighted by molar-refractivity contribution is 0.0647. The number of phenolic OH excluding ortho intramolecular Hbond substituents is 1. The molecule has 3 aromatic rings. The molecule has 0 unspecified atom stereocenters. The highest BCUT2D eigenvalue weighted by molar-refractivity contribution is 5.95. The van der Waals surface area contributed by atoms with Crippen molar-refractivity contribution in [1.82, 2.24) is 9.80 Å². The van der Waals surface area contributed by atoms with E-state index in [0.29, 0.717) is 17.2 Å². The minimum Gasteiger partial charge on any atom is -0.508 e. The topological polar surface area (TPSA) is 67.6 Å². The van der Waals surface area contributed by atoms with E-state index in [4.69, 9.17) is 0 Å². The monoisotopic (exact) mass is 439 g/mol. The molecule has 1 saturated heterocycles. The van der Waals surface area contributed by atoms with Gasteiger partial charge in [0.15, 0.2) is 0 Å². The molecule has 0 saturated carbocycles. The number of nitriles is 1. The van der Waals surface area contributed by atoms with E-state index in [1.54, 1.807) is 36.4 Å². The minimum absolute atomic E-state index is 0.0193. The average Bonchev–Trinajstić information content (AvgIpc) is 2.87.